The SMILES string of the molecule is Cc1ccc2sc(C3=CCN(C(=O)OC(C)(C)C)C(C)C3)nc2c1C. The minimum atomic E-state index is -0.469. The van der Waals surface area contributed by atoms with Crippen molar-refractivity contribution >= 4 is 33.2 Å². The summed E-state index contributed by atoms with van der Waals surface area (Å²) in [6.07, 6.45) is 2.67. The normalized spacial score (nSPS) is 18.4. The van der Waals surface area contributed by atoms with Gasteiger partial charge in [-0.3, -0.25) is 0 Å². The van der Waals surface area contributed by atoms with E-state index in [1.54, 1.807) is 16.2 Å². The van der Waals surface area contributed by atoms with Crippen LogP contribution in [0, 0.1) is 13.8 Å². The molecule has 0 N–H and O–H groups in total. The summed E-state index contributed by atoms with van der Waals surface area (Å²) in [5.74, 6) is 0. The van der Waals surface area contributed by atoms with Crippen LogP contribution >= 0.6 is 11.3 Å². The van der Waals surface area contributed by atoms with Gasteiger partial charge in [0.15, 0.2) is 0 Å². The van der Waals surface area contributed by atoms with Crippen LogP contribution in [0.4, 0.5) is 4.79 Å². The number of rotatable bonds is 1. The van der Waals surface area contributed by atoms with Gasteiger partial charge in [-0.05, 0) is 70.7 Å². The fraction of sp³-hybridized carbons (Fsp3) is 0.500. The van der Waals surface area contributed by atoms with Gasteiger partial charge in [0.1, 0.15) is 10.6 Å². The van der Waals surface area contributed by atoms with Crippen molar-refractivity contribution in [3.8, 4) is 0 Å². The van der Waals surface area contributed by atoms with Crippen molar-refractivity contribution in [1.29, 1.82) is 0 Å². The number of benzene rings is 1. The third-order valence-corrected chi connectivity index (χ3v) is 5.67. The van der Waals surface area contributed by atoms with E-state index in [0.717, 1.165) is 16.9 Å². The maximum absolute atomic E-state index is 12.4. The quantitative estimate of drug-likeness (QED) is 0.692. The number of hydrogen-bond donors (Lipinski definition) is 0. The van der Waals surface area contributed by atoms with E-state index in [0.29, 0.717) is 6.54 Å². The van der Waals surface area contributed by atoms with Crippen LogP contribution < -0.4 is 0 Å². The van der Waals surface area contributed by atoms with Crippen LogP contribution in [0.3, 0.4) is 0 Å². The Bertz CT molecular complexity index is 845. The monoisotopic (exact) mass is 358 g/mol. The van der Waals surface area contributed by atoms with Crippen molar-refractivity contribution in [2.24, 2.45) is 0 Å². The lowest BCUT2D eigenvalue weighted by Gasteiger charge is -2.34. The minimum Gasteiger partial charge on any atom is -0.444 e. The molecule has 0 fully saturated rings. The Balaban J connectivity index is 1.84. The van der Waals surface area contributed by atoms with Gasteiger partial charge in [0.25, 0.3) is 0 Å². The number of fused-ring (bicyclic) bond motifs is 1. The minimum absolute atomic E-state index is 0.102. The van der Waals surface area contributed by atoms with E-state index in [1.807, 2.05) is 20.8 Å². The fourth-order valence-corrected chi connectivity index (χ4v) is 4.09. The zero-order valence-electron chi connectivity index (χ0n) is 15.8. The molecule has 0 spiro atoms. The Hall–Kier alpha value is -1.88. The molecule has 3 rings (SSSR count). The summed E-state index contributed by atoms with van der Waals surface area (Å²) in [5.41, 5.74) is 4.38. The van der Waals surface area contributed by atoms with Gasteiger partial charge in [0, 0.05) is 12.6 Å². The first kappa shape index (κ1) is 17.9. The molecule has 1 aliphatic rings. The molecule has 1 atom stereocenters. The number of carbonyl (C=O) groups excluding carboxylic acids is 1. The Labute approximate surface area is 153 Å². The number of nitrogens with zero attached hydrogens (tertiary/aromatic N) is 2. The second-order valence-corrected chi connectivity index (χ2v) is 8.82. The van der Waals surface area contributed by atoms with E-state index in [-0.39, 0.29) is 12.1 Å². The van der Waals surface area contributed by atoms with Gasteiger partial charge >= 0.3 is 6.09 Å². The number of aromatic nitrogens is 1. The zero-order chi connectivity index (χ0) is 18.4. The molecule has 1 unspecified atom stereocenters. The molecule has 0 saturated carbocycles. The van der Waals surface area contributed by atoms with Crippen molar-refractivity contribution < 1.29 is 9.53 Å². The van der Waals surface area contributed by atoms with Crippen LogP contribution in [0.25, 0.3) is 15.8 Å². The van der Waals surface area contributed by atoms with Gasteiger partial charge in [-0.25, -0.2) is 9.78 Å². The van der Waals surface area contributed by atoms with Gasteiger partial charge < -0.3 is 9.64 Å². The van der Waals surface area contributed by atoms with Crippen molar-refractivity contribution in [1.82, 2.24) is 9.88 Å². The number of ether oxygens (including phenoxy) is 1. The van der Waals surface area contributed by atoms with Crippen molar-refractivity contribution in [3.63, 3.8) is 0 Å². The second-order valence-electron chi connectivity index (χ2n) is 7.79. The summed E-state index contributed by atoms with van der Waals surface area (Å²) in [6.45, 7) is 12.6. The van der Waals surface area contributed by atoms with E-state index in [2.05, 4.69) is 39.0 Å². The average Bonchev–Trinajstić information content (AvgIpc) is 2.94. The fourth-order valence-electron chi connectivity index (χ4n) is 3.01. The molecule has 25 heavy (non-hydrogen) atoms. The standard InChI is InChI=1S/C20H26N2O2S/c1-12-7-8-16-17(14(12)3)21-18(25-16)15-9-10-22(13(2)11-15)19(23)24-20(4,5)6/h7-9,13H,10-11H2,1-6H3. The highest BCUT2D eigenvalue weighted by Crippen LogP contribution is 2.34. The van der Waals surface area contributed by atoms with Crippen LogP contribution in [0.2, 0.25) is 0 Å². The van der Waals surface area contributed by atoms with Gasteiger partial charge in [0.05, 0.1) is 10.2 Å². The average molecular weight is 359 g/mol. The first-order valence-electron chi connectivity index (χ1n) is 8.71. The Kier molecular flexibility index (Phi) is 4.62. The van der Waals surface area contributed by atoms with Crippen LogP contribution in [0.1, 0.15) is 50.3 Å². The van der Waals surface area contributed by atoms with E-state index in [4.69, 9.17) is 9.72 Å². The molecule has 2 heterocycles. The van der Waals surface area contributed by atoms with E-state index < -0.39 is 5.60 Å². The predicted octanol–water partition coefficient (Wildman–Crippen LogP) is 5.33. The molecule has 1 aromatic heterocycles. The van der Waals surface area contributed by atoms with Crippen molar-refractivity contribution in [2.75, 3.05) is 6.54 Å². The molecule has 0 aliphatic carbocycles. The molecule has 2 aromatic rings. The Morgan fingerprint density at radius 1 is 1.32 bits per heavy atom. The van der Waals surface area contributed by atoms with Crippen LogP contribution in [-0.2, 0) is 4.74 Å². The Morgan fingerprint density at radius 2 is 2.04 bits per heavy atom. The summed E-state index contributed by atoms with van der Waals surface area (Å²) in [6, 6.07) is 4.41. The third kappa shape index (κ3) is 3.71. The number of aryl methyl sites for hydroxylation is 2. The zero-order valence-corrected chi connectivity index (χ0v) is 16.7. The highest BCUT2D eigenvalue weighted by Gasteiger charge is 2.29. The summed E-state index contributed by atoms with van der Waals surface area (Å²) in [4.78, 5) is 19.0. The predicted molar refractivity (Wildman–Crippen MR) is 104 cm³/mol. The maximum atomic E-state index is 12.4. The molecule has 1 aromatic carbocycles. The first-order chi connectivity index (χ1) is 11.7. The first-order valence-corrected chi connectivity index (χ1v) is 9.53. The van der Waals surface area contributed by atoms with Crippen LogP contribution in [-0.4, -0.2) is 34.2 Å². The summed E-state index contributed by atoms with van der Waals surface area (Å²) >= 11 is 1.73. The molecular weight excluding hydrogens is 332 g/mol. The van der Waals surface area contributed by atoms with E-state index >= 15 is 0 Å². The van der Waals surface area contributed by atoms with Gasteiger partial charge in [-0.1, -0.05) is 12.1 Å². The molecule has 1 aliphatic heterocycles. The third-order valence-electron chi connectivity index (χ3n) is 4.57. The smallest absolute Gasteiger partial charge is 0.410 e. The second kappa shape index (κ2) is 6.45. The van der Waals surface area contributed by atoms with Gasteiger partial charge in [-0.15, -0.1) is 11.3 Å². The van der Waals surface area contributed by atoms with Crippen molar-refractivity contribution in [2.45, 2.75) is 59.6 Å². The lowest BCUT2D eigenvalue weighted by Crippen LogP contribution is -2.44. The highest BCUT2D eigenvalue weighted by molar-refractivity contribution is 7.19. The molecule has 5 heteroatoms. The lowest BCUT2D eigenvalue weighted by atomic mass is 10.0. The Morgan fingerprint density at radius 3 is 2.68 bits per heavy atom. The summed E-state index contributed by atoms with van der Waals surface area (Å²) in [7, 11) is 0. The number of amides is 1. The lowest BCUT2D eigenvalue weighted by molar-refractivity contribution is 0.0199. The summed E-state index contributed by atoms with van der Waals surface area (Å²) in [5, 5.41) is 1.07. The molecule has 4 nitrogen and oxygen atoms in total. The van der Waals surface area contributed by atoms with E-state index in [9.17, 15) is 4.79 Å². The largest absolute Gasteiger partial charge is 0.444 e. The number of hydrogen-bond acceptors (Lipinski definition) is 4. The number of carbonyl (C=O) groups is 1. The topological polar surface area (TPSA) is 42.4 Å². The summed E-state index contributed by atoms with van der Waals surface area (Å²) < 4.78 is 6.73. The van der Waals surface area contributed by atoms with E-state index in [1.165, 1.54) is 21.4 Å². The molecule has 0 radical (unpaired) electrons. The van der Waals surface area contributed by atoms with Crippen LogP contribution in [0.15, 0.2) is 18.2 Å². The van der Waals surface area contributed by atoms with Crippen molar-refractivity contribution in [3.05, 3.63) is 34.3 Å². The molecule has 134 valence electrons. The van der Waals surface area contributed by atoms with Crippen LogP contribution in [0.5, 0.6) is 0 Å². The maximum Gasteiger partial charge on any atom is 0.410 e. The van der Waals surface area contributed by atoms with Gasteiger partial charge in [0.2, 0.25) is 0 Å². The molecule has 1 amide bonds. The molecule has 0 saturated heterocycles. The number of thiazole rings is 1. The highest BCUT2D eigenvalue weighted by atomic mass is 32.1. The molecular formula is C20H26N2O2S. The molecule has 0 bridgehead atoms. The van der Waals surface area contributed by atoms with Gasteiger partial charge in [-0.2, -0.15) is 0 Å².